The van der Waals surface area contributed by atoms with Crippen molar-refractivity contribution in [2.45, 2.75) is 75.4 Å². The summed E-state index contributed by atoms with van der Waals surface area (Å²) in [5, 5.41) is 3.09. The van der Waals surface area contributed by atoms with E-state index in [1.165, 1.54) is 36.8 Å². The normalized spacial score (nSPS) is 24.0. The Hall–Kier alpha value is -3.64. The molecule has 0 radical (unpaired) electrons. The number of aryl methyl sites for hydroxylation is 1. The van der Waals surface area contributed by atoms with Crippen LogP contribution in [-0.4, -0.2) is 57.1 Å². The number of amides is 2. The van der Waals surface area contributed by atoms with Crippen molar-refractivity contribution < 1.29 is 4.79 Å². The number of benzene rings is 3. The van der Waals surface area contributed by atoms with Gasteiger partial charge in [0, 0.05) is 36.9 Å². The number of aromatic nitrogens is 2. The minimum Gasteiger partial charge on any atom is -0.325 e. The quantitative estimate of drug-likeness (QED) is 0.278. The van der Waals surface area contributed by atoms with E-state index in [0.29, 0.717) is 18.1 Å². The van der Waals surface area contributed by atoms with Crippen molar-refractivity contribution >= 4 is 22.8 Å². The molecule has 4 heterocycles. The van der Waals surface area contributed by atoms with Crippen LogP contribution in [-0.2, 0) is 5.41 Å². The van der Waals surface area contributed by atoms with E-state index in [0.717, 1.165) is 55.9 Å². The van der Waals surface area contributed by atoms with Crippen molar-refractivity contribution in [3.8, 4) is 0 Å². The van der Waals surface area contributed by atoms with E-state index >= 15 is 0 Å². The molecule has 1 aromatic heterocycles. The minimum absolute atomic E-state index is 0.0142. The maximum absolute atomic E-state index is 13.0. The first kappa shape index (κ1) is 26.3. The molecule has 3 aliphatic heterocycles. The van der Waals surface area contributed by atoms with Crippen LogP contribution in [0.15, 0.2) is 84.9 Å². The smallest absolute Gasteiger partial charge is 0.321 e. The van der Waals surface area contributed by atoms with Gasteiger partial charge in [0.15, 0.2) is 0 Å². The van der Waals surface area contributed by atoms with E-state index in [9.17, 15) is 4.79 Å². The molecule has 0 aliphatic carbocycles. The Labute approximate surface area is 243 Å². The fourth-order valence-corrected chi connectivity index (χ4v) is 8.13. The molecule has 3 fully saturated rings. The second-order valence-electron chi connectivity index (χ2n) is 12.4. The molecule has 1 unspecified atom stereocenters. The Balaban J connectivity index is 1.04. The highest BCUT2D eigenvalue weighted by Crippen LogP contribution is 2.45. The summed E-state index contributed by atoms with van der Waals surface area (Å²) in [5.41, 5.74) is 4.81. The molecule has 4 aromatic rings. The first-order chi connectivity index (χ1) is 20.1. The SMILES string of the molecule is Cc1nc2ccccc2n1C1C[C@H]2CC[C@@H](C1)N2CCC1(c2ccccc2)CCN(C(=O)Nc2ccccc2)CC1. The topological polar surface area (TPSA) is 53.4 Å². The van der Waals surface area contributed by atoms with Crippen molar-refractivity contribution in [1.82, 2.24) is 19.4 Å². The summed E-state index contributed by atoms with van der Waals surface area (Å²) in [5.74, 6) is 1.15. The van der Waals surface area contributed by atoms with Gasteiger partial charge in [0.2, 0.25) is 0 Å². The summed E-state index contributed by atoms with van der Waals surface area (Å²) >= 11 is 0. The fraction of sp³-hybridized carbons (Fsp3) is 0.429. The number of hydrogen-bond donors (Lipinski definition) is 1. The number of piperidine rings is 2. The molecule has 212 valence electrons. The lowest BCUT2D eigenvalue weighted by molar-refractivity contribution is 0.0866. The number of nitrogens with zero attached hydrogens (tertiary/aromatic N) is 4. The molecule has 3 aliphatic rings. The van der Waals surface area contributed by atoms with E-state index in [4.69, 9.17) is 4.98 Å². The Bertz CT molecular complexity index is 1480. The predicted octanol–water partition coefficient (Wildman–Crippen LogP) is 7.17. The maximum atomic E-state index is 13.0. The summed E-state index contributed by atoms with van der Waals surface area (Å²) in [4.78, 5) is 22.8. The van der Waals surface area contributed by atoms with Crippen molar-refractivity contribution in [1.29, 1.82) is 0 Å². The fourth-order valence-electron chi connectivity index (χ4n) is 8.13. The van der Waals surface area contributed by atoms with Crippen molar-refractivity contribution in [2.75, 3.05) is 25.0 Å². The standard InChI is InChI=1S/C35H41N5O/c1-26-36-32-14-8-9-15-33(32)40(26)31-24-29-16-17-30(25-31)39(29)23-20-35(27-10-4-2-5-11-27)18-21-38(22-19-35)34(41)37-28-12-6-3-7-13-28/h2-15,29-31H,16-25H2,1H3,(H,37,41)/t29-,30+,31?. The largest absolute Gasteiger partial charge is 0.325 e. The highest BCUT2D eigenvalue weighted by molar-refractivity contribution is 5.89. The van der Waals surface area contributed by atoms with E-state index < -0.39 is 0 Å². The van der Waals surface area contributed by atoms with Gasteiger partial charge in [-0.3, -0.25) is 4.90 Å². The number of nitrogens with one attached hydrogen (secondary N) is 1. The molecule has 1 N–H and O–H groups in total. The zero-order valence-corrected chi connectivity index (χ0v) is 24.1. The summed E-state index contributed by atoms with van der Waals surface area (Å²) < 4.78 is 2.53. The van der Waals surface area contributed by atoms with Gasteiger partial charge in [-0.1, -0.05) is 60.7 Å². The van der Waals surface area contributed by atoms with Gasteiger partial charge < -0.3 is 14.8 Å². The number of urea groups is 1. The summed E-state index contributed by atoms with van der Waals surface area (Å²) in [6.07, 6.45) is 8.19. The lowest BCUT2D eigenvalue weighted by atomic mass is 9.70. The molecule has 3 aromatic carbocycles. The molecule has 7 rings (SSSR count). The monoisotopic (exact) mass is 547 g/mol. The number of para-hydroxylation sites is 3. The van der Waals surface area contributed by atoms with Crippen LogP contribution in [0, 0.1) is 6.92 Å². The lowest BCUT2D eigenvalue weighted by Gasteiger charge is -2.45. The van der Waals surface area contributed by atoms with Crippen LogP contribution in [0.2, 0.25) is 0 Å². The third-order valence-corrected chi connectivity index (χ3v) is 10.3. The van der Waals surface area contributed by atoms with Crippen LogP contribution in [0.4, 0.5) is 10.5 Å². The van der Waals surface area contributed by atoms with Crippen LogP contribution in [0.3, 0.4) is 0 Å². The molecular formula is C35H41N5O. The Kier molecular flexibility index (Phi) is 7.03. The van der Waals surface area contributed by atoms with Gasteiger partial charge in [-0.15, -0.1) is 0 Å². The molecule has 2 bridgehead atoms. The Morgan fingerprint density at radius 3 is 2.20 bits per heavy atom. The van der Waals surface area contributed by atoms with Crippen molar-refractivity contribution in [3.05, 3.63) is 96.3 Å². The minimum atomic E-state index is 0.0142. The number of fused-ring (bicyclic) bond motifs is 3. The van der Waals surface area contributed by atoms with Crippen molar-refractivity contribution in [3.63, 3.8) is 0 Å². The van der Waals surface area contributed by atoms with Crippen LogP contribution in [0.25, 0.3) is 11.0 Å². The number of hydrogen-bond acceptors (Lipinski definition) is 3. The predicted molar refractivity (Wildman–Crippen MR) is 165 cm³/mol. The number of likely N-dealkylation sites (tertiary alicyclic amines) is 1. The molecule has 0 spiro atoms. The molecule has 6 nitrogen and oxygen atoms in total. The highest BCUT2D eigenvalue weighted by atomic mass is 16.2. The van der Waals surface area contributed by atoms with Gasteiger partial charge in [0.25, 0.3) is 0 Å². The number of carbonyl (C=O) groups excluding carboxylic acids is 1. The average Bonchev–Trinajstić information content (AvgIpc) is 3.47. The van der Waals surface area contributed by atoms with Gasteiger partial charge in [-0.2, -0.15) is 0 Å². The molecule has 41 heavy (non-hydrogen) atoms. The number of rotatable bonds is 6. The molecule has 6 heteroatoms. The van der Waals surface area contributed by atoms with Crippen LogP contribution < -0.4 is 5.32 Å². The Morgan fingerprint density at radius 1 is 0.854 bits per heavy atom. The summed E-state index contributed by atoms with van der Waals surface area (Å²) in [7, 11) is 0. The van der Waals surface area contributed by atoms with Gasteiger partial charge in [-0.25, -0.2) is 9.78 Å². The van der Waals surface area contributed by atoms with E-state index in [-0.39, 0.29) is 11.4 Å². The highest BCUT2D eigenvalue weighted by Gasteiger charge is 2.44. The zero-order chi connectivity index (χ0) is 27.8. The second-order valence-corrected chi connectivity index (χ2v) is 12.4. The van der Waals surface area contributed by atoms with E-state index in [2.05, 4.69) is 76.3 Å². The van der Waals surface area contributed by atoms with Gasteiger partial charge in [-0.05, 0) is 93.7 Å². The molecule has 0 saturated carbocycles. The first-order valence-electron chi connectivity index (χ1n) is 15.5. The van der Waals surface area contributed by atoms with Gasteiger partial charge in [0.05, 0.1) is 11.0 Å². The van der Waals surface area contributed by atoms with E-state index in [1.807, 2.05) is 35.2 Å². The Morgan fingerprint density at radius 2 is 1.49 bits per heavy atom. The summed E-state index contributed by atoms with van der Waals surface area (Å²) in [6, 6.07) is 31.3. The molecule has 3 saturated heterocycles. The first-order valence-corrected chi connectivity index (χ1v) is 15.5. The maximum Gasteiger partial charge on any atom is 0.321 e. The van der Waals surface area contributed by atoms with Gasteiger partial charge >= 0.3 is 6.03 Å². The number of anilines is 1. The van der Waals surface area contributed by atoms with E-state index in [1.54, 1.807) is 0 Å². The van der Waals surface area contributed by atoms with Crippen LogP contribution >= 0.6 is 0 Å². The van der Waals surface area contributed by atoms with Gasteiger partial charge in [0.1, 0.15) is 5.82 Å². The molecular weight excluding hydrogens is 506 g/mol. The van der Waals surface area contributed by atoms with Crippen LogP contribution in [0.1, 0.15) is 62.4 Å². The average molecular weight is 548 g/mol. The summed E-state index contributed by atoms with van der Waals surface area (Å²) in [6.45, 7) is 4.88. The second kappa shape index (κ2) is 11.0. The van der Waals surface area contributed by atoms with Crippen LogP contribution in [0.5, 0.6) is 0 Å². The lowest BCUT2D eigenvalue weighted by Crippen LogP contribution is -2.49. The molecule has 3 atom stereocenters. The number of imidazole rings is 1. The van der Waals surface area contributed by atoms with Crippen molar-refractivity contribution in [2.24, 2.45) is 0 Å². The number of carbonyl (C=O) groups is 1. The third kappa shape index (κ3) is 5.03. The zero-order valence-electron chi connectivity index (χ0n) is 24.1. The molecule has 2 amide bonds. The third-order valence-electron chi connectivity index (χ3n) is 10.3.